The quantitative estimate of drug-likeness (QED) is 0.749. The molecule has 3 fully saturated rings. The summed E-state index contributed by atoms with van der Waals surface area (Å²) in [5, 5.41) is 2.81. The van der Waals surface area contributed by atoms with Gasteiger partial charge in [0.25, 0.3) is 5.91 Å². The van der Waals surface area contributed by atoms with E-state index in [1.54, 1.807) is 4.31 Å². The molecule has 1 amide bonds. The van der Waals surface area contributed by atoms with E-state index in [9.17, 15) is 13.2 Å². The zero-order valence-corrected chi connectivity index (χ0v) is 18.0. The number of fused-ring (bicyclic) bond motifs is 2. The third-order valence-corrected chi connectivity index (χ3v) is 10.0. The van der Waals surface area contributed by atoms with Crippen LogP contribution in [0.4, 0.5) is 0 Å². The Balaban J connectivity index is 1.41. The third-order valence-electron chi connectivity index (χ3n) is 6.58. The second-order valence-corrected chi connectivity index (χ2v) is 11.5. The fraction of sp³-hybridized carbons (Fsp3) is 0.789. The average molecular weight is 427 g/mol. The molecule has 3 atom stereocenters. The van der Waals surface area contributed by atoms with Gasteiger partial charge in [0, 0.05) is 29.0 Å². The van der Waals surface area contributed by atoms with E-state index in [4.69, 9.17) is 5.73 Å². The van der Waals surface area contributed by atoms with Crippen LogP contribution < -0.4 is 11.1 Å². The van der Waals surface area contributed by atoms with Crippen molar-refractivity contribution in [2.24, 2.45) is 5.73 Å². The summed E-state index contributed by atoms with van der Waals surface area (Å²) in [5.74, 6) is -0.141. The molecule has 1 saturated carbocycles. The highest BCUT2D eigenvalue weighted by Crippen LogP contribution is 2.40. The molecule has 0 unspecified atom stereocenters. The Morgan fingerprint density at radius 2 is 1.86 bits per heavy atom. The van der Waals surface area contributed by atoms with Crippen LogP contribution in [0.1, 0.15) is 73.7 Å². The van der Waals surface area contributed by atoms with Crippen LogP contribution in [0.15, 0.2) is 6.07 Å². The van der Waals surface area contributed by atoms with Crippen LogP contribution in [-0.4, -0.2) is 52.4 Å². The standard InChI is InChI=1S/C19H30N4O3S2/c1-2-16-11-18(22-27-16)19(24)21-13-9-14-5-6-15(10-13)23(14)28(25,26)17-7-3-12(20)4-8-17/h11-15,17H,2-10,20H2,1H3,(H,21,24)/t12?,13-,14+,15-,17?. The molecule has 156 valence electrons. The normalized spacial score (nSPS) is 33.7. The molecular formula is C19H30N4O3S2. The summed E-state index contributed by atoms with van der Waals surface area (Å²) in [6, 6.07) is 2.02. The molecule has 1 aliphatic carbocycles. The maximum atomic E-state index is 13.3. The number of aromatic nitrogens is 1. The summed E-state index contributed by atoms with van der Waals surface area (Å²) < 4.78 is 32.6. The van der Waals surface area contributed by atoms with Gasteiger partial charge in [-0.15, -0.1) is 0 Å². The molecule has 28 heavy (non-hydrogen) atoms. The van der Waals surface area contributed by atoms with Gasteiger partial charge in [-0.1, -0.05) is 6.92 Å². The molecule has 0 spiro atoms. The fourth-order valence-corrected chi connectivity index (χ4v) is 8.14. The number of hydrogen-bond acceptors (Lipinski definition) is 6. The lowest BCUT2D eigenvalue weighted by Gasteiger charge is -2.41. The van der Waals surface area contributed by atoms with Gasteiger partial charge >= 0.3 is 0 Å². The van der Waals surface area contributed by atoms with Gasteiger partial charge in [0.05, 0.1) is 5.25 Å². The van der Waals surface area contributed by atoms with Gasteiger partial charge in [-0.3, -0.25) is 4.79 Å². The van der Waals surface area contributed by atoms with Crippen LogP contribution in [-0.2, 0) is 16.4 Å². The summed E-state index contributed by atoms with van der Waals surface area (Å²) >= 11 is 1.37. The van der Waals surface area contributed by atoms with Crippen LogP contribution in [0, 0.1) is 0 Å². The van der Waals surface area contributed by atoms with E-state index in [-0.39, 0.29) is 35.3 Å². The Hall–Kier alpha value is -1.03. The van der Waals surface area contributed by atoms with E-state index in [1.165, 1.54) is 11.5 Å². The highest BCUT2D eigenvalue weighted by molar-refractivity contribution is 7.89. The summed E-state index contributed by atoms with van der Waals surface area (Å²) in [7, 11) is -3.29. The molecule has 2 aliphatic heterocycles. The Bertz CT molecular complexity index is 803. The SMILES string of the molecule is CCc1cc(C(=O)N[C@H]2C[C@H]3CC[C@@H](C2)N3S(=O)(=O)C2CCC(N)CC2)ns1. The number of aryl methyl sites for hydroxylation is 1. The Morgan fingerprint density at radius 3 is 2.43 bits per heavy atom. The summed E-state index contributed by atoms with van der Waals surface area (Å²) in [4.78, 5) is 13.6. The molecule has 3 N–H and O–H groups in total. The molecule has 4 rings (SSSR count). The van der Waals surface area contributed by atoms with Crippen molar-refractivity contribution in [1.29, 1.82) is 0 Å². The first-order chi connectivity index (χ1) is 13.4. The number of nitrogens with two attached hydrogens (primary N) is 1. The molecule has 0 aromatic carbocycles. The zero-order chi connectivity index (χ0) is 19.9. The van der Waals surface area contributed by atoms with E-state index in [0.29, 0.717) is 31.4 Å². The molecule has 2 bridgehead atoms. The van der Waals surface area contributed by atoms with Gasteiger partial charge in [-0.05, 0) is 75.4 Å². The van der Waals surface area contributed by atoms with Crippen molar-refractivity contribution < 1.29 is 13.2 Å². The van der Waals surface area contributed by atoms with Gasteiger partial charge in [0.15, 0.2) is 0 Å². The van der Waals surface area contributed by atoms with E-state index in [2.05, 4.69) is 9.69 Å². The van der Waals surface area contributed by atoms with E-state index < -0.39 is 10.0 Å². The van der Waals surface area contributed by atoms with Crippen LogP contribution in [0.25, 0.3) is 0 Å². The number of nitrogens with one attached hydrogen (secondary N) is 1. The van der Waals surface area contributed by atoms with Crippen molar-refractivity contribution in [3.8, 4) is 0 Å². The Kier molecular flexibility index (Phi) is 5.79. The number of rotatable bonds is 5. The van der Waals surface area contributed by atoms with Crippen LogP contribution in [0.2, 0.25) is 0 Å². The third kappa shape index (κ3) is 3.86. The lowest BCUT2D eigenvalue weighted by atomic mass is 9.96. The minimum Gasteiger partial charge on any atom is -0.348 e. The fourth-order valence-electron chi connectivity index (χ4n) is 5.07. The number of hydrogen-bond donors (Lipinski definition) is 2. The predicted octanol–water partition coefficient (Wildman–Crippen LogP) is 2.03. The first-order valence-electron chi connectivity index (χ1n) is 10.4. The smallest absolute Gasteiger partial charge is 0.271 e. The predicted molar refractivity (Wildman–Crippen MR) is 110 cm³/mol. The number of carbonyl (C=O) groups excluding carboxylic acids is 1. The molecular weight excluding hydrogens is 396 g/mol. The minimum absolute atomic E-state index is 0.00582. The largest absolute Gasteiger partial charge is 0.348 e. The van der Waals surface area contributed by atoms with E-state index >= 15 is 0 Å². The van der Waals surface area contributed by atoms with Crippen LogP contribution in [0.5, 0.6) is 0 Å². The number of sulfonamides is 1. The minimum atomic E-state index is -3.29. The first kappa shape index (κ1) is 20.3. The van der Waals surface area contributed by atoms with Gasteiger partial charge in [0.2, 0.25) is 10.0 Å². The highest BCUT2D eigenvalue weighted by atomic mass is 32.2. The van der Waals surface area contributed by atoms with Crippen molar-refractivity contribution in [1.82, 2.24) is 14.0 Å². The molecule has 3 heterocycles. The zero-order valence-electron chi connectivity index (χ0n) is 16.3. The van der Waals surface area contributed by atoms with Crippen molar-refractivity contribution in [2.45, 2.75) is 94.1 Å². The topological polar surface area (TPSA) is 105 Å². The second kappa shape index (κ2) is 8.01. The van der Waals surface area contributed by atoms with Gasteiger partial charge in [-0.2, -0.15) is 8.68 Å². The van der Waals surface area contributed by atoms with Crippen molar-refractivity contribution in [3.63, 3.8) is 0 Å². The van der Waals surface area contributed by atoms with Crippen molar-refractivity contribution in [2.75, 3.05) is 0 Å². The maximum absolute atomic E-state index is 13.3. The number of carbonyl (C=O) groups is 1. The molecule has 7 nitrogen and oxygen atoms in total. The molecule has 1 aromatic rings. The van der Waals surface area contributed by atoms with Crippen LogP contribution in [0.3, 0.4) is 0 Å². The maximum Gasteiger partial charge on any atom is 0.271 e. The molecule has 3 aliphatic rings. The van der Waals surface area contributed by atoms with Gasteiger partial charge in [-0.25, -0.2) is 8.42 Å². The van der Waals surface area contributed by atoms with Gasteiger partial charge < -0.3 is 11.1 Å². The number of nitrogens with zero attached hydrogens (tertiary/aromatic N) is 2. The molecule has 1 aromatic heterocycles. The number of piperidine rings is 1. The summed E-state index contributed by atoms with van der Waals surface area (Å²) in [6.07, 6.45) is 6.96. The van der Waals surface area contributed by atoms with Crippen LogP contribution >= 0.6 is 11.5 Å². The summed E-state index contributed by atoms with van der Waals surface area (Å²) in [6.45, 7) is 2.04. The first-order valence-corrected chi connectivity index (χ1v) is 12.7. The molecule has 9 heteroatoms. The Labute approximate surface area is 171 Å². The summed E-state index contributed by atoms with van der Waals surface area (Å²) in [5.41, 5.74) is 6.43. The number of amides is 1. The van der Waals surface area contributed by atoms with Crippen molar-refractivity contribution in [3.05, 3.63) is 16.6 Å². The highest BCUT2D eigenvalue weighted by Gasteiger charge is 2.49. The Morgan fingerprint density at radius 1 is 1.21 bits per heavy atom. The van der Waals surface area contributed by atoms with E-state index in [0.717, 1.165) is 37.0 Å². The second-order valence-electron chi connectivity index (χ2n) is 8.47. The average Bonchev–Trinajstić information content (AvgIpc) is 3.25. The monoisotopic (exact) mass is 426 g/mol. The van der Waals surface area contributed by atoms with Crippen molar-refractivity contribution >= 4 is 27.5 Å². The lowest BCUT2D eigenvalue weighted by molar-refractivity contribution is 0.0905. The lowest BCUT2D eigenvalue weighted by Crippen LogP contribution is -2.55. The van der Waals surface area contributed by atoms with Gasteiger partial charge in [0.1, 0.15) is 5.69 Å². The van der Waals surface area contributed by atoms with E-state index in [1.807, 2.05) is 13.0 Å². The molecule has 0 radical (unpaired) electrons. The molecule has 2 saturated heterocycles.